The minimum Gasteiger partial charge on any atom is -0.379 e. The molecule has 0 spiro atoms. The first-order valence-electron chi connectivity index (χ1n) is 14.0. The van der Waals surface area contributed by atoms with E-state index in [4.69, 9.17) is 27.9 Å². The Bertz CT molecular complexity index is 1370. The topological polar surface area (TPSA) is 82.1 Å². The quantitative estimate of drug-likeness (QED) is 0.378. The summed E-state index contributed by atoms with van der Waals surface area (Å²) >= 11 is 12.4. The van der Waals surface area contributed by atoms with Gasteiger partial charge < -0.3 is 19.4 Å². The molecule has 2 saturated heterocycles. The van der Waals surface area contributed by atoms with Gasteiger partial charge in [-0.2, -0.15) is 0 Å². The molecule has 3 heterocycles. The van der Waals surface area contributed by atoms with Gasteiger partial charge in [0.1, 0.15) is 12.4 Å². The maximum absolute atomic E-state index is 13.6. The molecule has 0 bridgehead atoms. The lowest BCUT2D eigenvalue weighted by Crippen LogP contribution is -2.47. The van der Waals surface area contributed by atoms with E-state index in [-0.39, 0.29) is 29.2 Å². The highest BCUT2D eigenvalue weighted by atomic mass is 35.5. The standard InChI is InChI=1S/C30H33Cl2FN6O3/c31-23-4-7-25(26(32)20-23)30(41)39(13-12-36-16-18-42-19-17-36)21-29(40)38-11-1-10-37(14-15-38)28-9-8-27(34-35-28)22-2-5-24(33)6-3-22/h2-9,20H,1,10-19,21H2. The molecule has 222 valence electrons. The van der Waals surface area contributed by atoms with Gasteiger partial charge in [0.05, 0.1) is 29.5 Å². The molecule has 1 aromatic heterocycles. The molecule has 0 saturated carbocycles. The summed E-state index contributed by atoms with van der Waals surface area (Å²) in [6.07, 6.45) is 0.748. The van der Waals surface area contributed by atoms with Crippen LogP contribution in [0.3, 0.4) is 0 Å². The maximum atomic E-state index is 13.6. The summed E-state index contributed by atoms with van der Waals surface area (Å²) in [7, 11) is 0. The summed E-state index contributed by atoms with van der Waals surface area (Å²) in [4.78, 5) is 34.8. The molecule has 2 amide bonds. The van der Waals surface area contributed by atoms with E-state index in [2.05, 4.69) is 20.0 Å². The molecule has 0 atom stereocenters. The van der Waals surface area contributed by atoms with E-state index in [9.17, 15) is 14.0 Å². The van der Waals surface area contributed by atoms with Crippen molar-refractivity contribution in [2.75, 3.05) is 77.0 Å². The van der Waals surface area contributed by atoms with Crippen LogP contribution in [-0.2, 0) is 9.53 Å². The fourth-order valence-electron chi connectivity index (χ4n) is 5.10. The van der Waals surface area contributed by atoms with Gasteiger partial charge in [0.25, 0.3) is 5.91 Å². The second-order valence-electron chi connectivity index (χ2n) is 10.3. The first kappa shape index (κ1) is 30.2. The van der Waals surface area contributed by atoms with E-state index < -0.39 is 0 Å². The zero-order valence-corrected chi connectivity index (χ0v) is 24.7. The summed E-state index contributed by atoms with van der Waals surface area (Å²) in [6.45, 7) is 6.22. The van der Waals surface area contributed by atoms with Crippen molar-refractivity contribution in [2.24, 2.45) is 0 Å². The van der Waals surface area contributed by atoms with E-state index in [0.29, 0.717) is 68.8 Å². The maximum Gasteiger partial charge on any atom is 0.255 e. The van der Waals surface area contributed by atoms with Gasteiger partial charge >= 0.3 is 0 Å². The summed E-state index contributed by atoms with van der Waals surface area (Å²) < 4.78 is 18.7. The van der Waals surface area contributed by atoms with Crippen molar-refractivity contribution in [1.29, 1.82) is 0 Å². The Morgan fingerprint density at radius 2 is 1.69 bits per heavy atom. The average Bonchev–Trinajstić information content (AvgIpc) is 3.27. The van der Waals surface area contributed by atoms with E-state index in [1.165, 1.54) is 18.2 Å². The normalized spacial score (nSPS) is 16.3. The molecule has 9 nitrogen and oxygen atoms in total. The number of halogens is 3. The predicted octanol–water partition coefficient (Wildman–Crippen LogP) is 4.10. The Morgan fingerprint density at radius 3 is 2.40 bits per heavy atom. The minimum atomic E-state index is -0.301. The SMILES string of the molecule is O=C(CN(CCN1CCOCC1)C(=O)c1ccc(Cl)cc1Cl)N1CCCN(c2ccc(-c3ccc(F)cc3)nn2)CC1. The highest BCUT2D eigenvalue weighted by Crippen LogP contribution is 2.23. The van der Waals surface area contributed by atoms with Gasteiger partial charge in [-0.25, -0.2) is 4.39 Å². The molecule has 2 fully saturated rings. The van der Waals surface area contributed by atoms with Crippen molar-refractivity contribution in [3.63, 3.8) is 0 Å². The van der Waals surface area contributed by atoms with E-state index >= 15 is 0 Å². The third kappa shape index (κ3) is 7.74. The van der Waals surface area contributed by atoms with Gasteiger partial charge in [0.2, 0.25) is 5.91 Å². The summed E-state index contributed by atoms with van der Waals surface area (Å²) in [5.41, 5.74) is 1.77. The summed E-state index contributed by atoms with van der Waals surface area (Å²) in [5.74, 6) is 0.00136. The largest absolute Gasteiger partial charge is 0.379 e. The lowest BCUT2D eigenvalue weighted by molar-refractivity contribution is -0.131. The van der Waals surface area contributed by atoms with Crippen LogP contribution >= 0.6 is 23.2 Å². The molecule has 12 heteroatoms. The van der Waals surface area contributed by atoms with Crippen LogP contribution in [0.25, 0.3) is 11.3 Å². The lowest BCUT2D eigenvalue weighted by atomic mass is 10.1. The van der Waals surface area contributed by atoms with Crippen LogP contribution in [0.2, 0.25) is 10.0 Å². The summed E-state index contributed by atoms with van der Waals surface area (Å²) in [6, 6.07) is 14.7. The zero-order chi connectivity index (χ0) is 29.5. The fraction of sp³-hybridized carbons (Fsp3) is 0.400. The third-order valence-electron chi connectivity index (χ3n) is 7.53. The number of aromatic nitrogens is 2. The van der Waals surface area contributed by atoms with Crippen LogP contribution in [0.4, 0.5) is 10.2 Å². The third-order valence-corrected chi connectivity index (χ3v) is 8.08. The van der Waals surface area contributed by atoms with Crippen LogP contribution < -0.4 is 4.90 Å². The van der Waals surface area contributed by atoms with Gasteiger partial charge in [-0.1, -0.05) is 23.2 Å². The predicted molar refractivity (Wildman–Crippen MR) is 160 cm³/mol. The van der Waals surface area contributed by atoms with Crippen molar-refractivity contribution in [2.45, 2.75) is 6.42 Å². The molecular formula is C30H33Cl2FN6O3. The number of amides is 2. The van der Waals surface area contributed by atoms with Crippen molar-refractivity contribution in [3.05, 3.63) is 76.0 Å². The van der Waals surface area contributed by atoms with E-state index in [0.717, 1.165) is 30.9 Å². The van der Waals surface area contributed by atoms with Crippen LogP contribution in [-0.4, -0.2) is 109 Å². The number of hydrogen-bond donors (Lipinski definition) is 0. The Hall–Kier alpha value is -3.31. The molecular weight excluding hydrogens is 582 g/mol. The van der Waals surface area contributed by atoms with Crippen molar-refractivity contribution < 1.29 is 18.7 Å². The molecule has 0 radical (unpaired) electrons. The molecule has 2 aliphatic heterocycles. The molecule has 0 N–H and O–H groups in total. The number of anilines is 1. The van der Waals surface area contributed by atoms with Crippen LogP contribution in [0.15, 0.2) is 54.6 Å². The summed E-state index contributed by atoms with van der Waals surface area (Å²) in [5, 5.41) is 9.42. The van der Waals surface area contributed by atoms with E-state index in [1.807, 2.05) is 12.1 Å². The molecule has 3 aromatic rings. The number of ether oxygens (including phenoxy) is 1. The number of carbonyl (C=O) groups excluding carboxylic acids is 2. The van der Waals surface area contributed by atoms with Crippen LogP contribution in [0.1, 0.15) is 16.8 Å². The van der Waals surface area contributed by atoms with Crippen molar-refractivity contribution in [3.8, 4) is 11.3 Å². The van der Waals surface area contributed by atoms with Gasteiger partial charge in [-0.15, -0.1) is 10.2 Å². The van der Waals surface area contributed by atoms with Gasteiger partial charge in [0, 0.05) is 62.9 Å². The van der Waals surface area contributed by atoms with Gasteiger partial charge in [-0.05, 0) is 61.0 Å². The molecule has 5 rings (SSSR count). The Balaban J connectivity index is 1.22. The Morgan fingerprint density at radius 1 is 0.905 bits per heavy atom. The minimum absolute atomic E-state index is 0.0473. The highest BCUT2D eigenvalue weighted by Gasteiger charge is 2.26. The second-order valence-corrected chi connectivity index (χ2v) is 11.2. The van der Waals surface area contributed by atoms with Gasteiger partial charge in [0.15, 0.2) is 5.82 Å². The molecule has 2 aromatic carbocycles. The highest BCUT2D eigenvalue weighted by molar-refractivity contribution is 6.36. The number of rotatable bonds is 8. The van der Waals surface area contributed by atoms with Crippen molar-refractivity contribution in [1.82, 2.24) is 24.9 Å². The Kier molecular flexibility index (Phi) is 10.2. The van der Waals surface area contributed by atoms with E-state index in [1.54, 1.807) is 34.1 Å². The second kappa shape index (κ2) is 14.2. The lowest BCUT2D eigenvalue weighted by Gasteiger charge is -2.31. The zero-order valence-electron chi connectivity index (χ0n) is 23.2. The number of morpholine rings is 1. The average molecular weight is 616 g/mol. The molecule has 0 aliphatic carbocycles. The number of nitrogens with zero attached hydrogens (tertiary/aromatic N) is 6. The number of benzene rings is 2. The van der Waals surface area contributed by atoms with Crippen LogP contribution in [0.5, 0.6) is 0 Å². The first-order chi connectivity index (χ1) is 20.4. The number of hydrogen-bond acceptors (Lipinski definition) is 7. The smallest absolute Gasteiger partial charge is 0.255 e. The first-order valence-corrected chi connectivity index (χ1v) is 14.8. The van der Waals surface area contributed by atoms with Crippen LogP contribution in [0, 0.1) is 5.82 Å². The van der Waals surface area contributed by atoms with Crippen molar-refractivity contribution >= 4 is 40.8 Å². The Labute approximate surface area is 254 Å². The fourth-order valence-corrected chi connectivity index (χ4v) is 5.59. The van der Waals surface area contributed by atoms with Gasteiger partial charge in [-0.3, -0.25) is 14.5 Å². The molecule has 0 unspecified atom stereocenters. The number of carbonyl (C=O) groups is 2. The molecule has 42 heavy (non-hydrogen) atoms. The monoisotopic (exact) mass is 614 g/mol. The molecule has 2 aliphatic rings.